The first-order valence-electron chi connectivity index (χ1n) is 7.44. The Hall–Kier alpha value is -1.65. The molecule has 0 aliphatic heterocycles. The highest BCUT2D eigenvalue weighted by Crippen LogP contribution is 2.19. The second kappa shape index (κ2) is 6.41. The van der Waals surface area contributed by atoms with Crippen LogP contribution in [0.3, 0.4) is 0 Å². The van der Waals surface area contributed by atoms with E-state index in [1.165, 1.54) is 15.8 Å². The molecular formula is C17H21N3S. The van der Waals surface area contributed by atoms with Gasteiger partial charge < -0.3 is 5.32 Å². The number of nitrogens with zero attached hydrogens (tertiary/aromatic N) is 2. The van der Waals surface area contributed by atoms with Gasteiger partial charge >= 0.3 is 0 Å². The highest BCUT2D eigenvalue weighted by Gasteiger charge is 2.10. The molecule has 0 amide bonds. The van der Waals surface area contributed by atoms with Crippen molar-refractivity contribution in [2.24, 2.45) is 0 Å². The molecule has 2 aromatic heterocycles. The number of fused-ring (bicyclic) bond motifs is 1. The van der Waals surface area contributed by atoms with Gasteiger partial charge in [-0.2, -0.15) is 5.10 Å². The van der Waals surface area contributed by atoms with E-state index in [0.29, 0.717) is 6.04 Å². The zero-order chi connectivity index (χ0) is 14.7. The predicted octanol–water partition coefficient (Wildman–Crippen LogP) is 3.84. The normalized spacial score (nSPS) is 11.6. The number of para-hydroxylation sites is 1. The Morgan fingerprint density at radius 2 is 2.05 bits per heavy atom. The SMILES string of the molecule is CC(C)NCc1nn(CCc2cccs2)c2ccccc12. The van der Waals surface area contributed by atoms with E-state index in [-0.39, 0.29) is 0 Å². The van der Waals surface area contributed by atoms with Crippen LogP contribution in [0.4, 0.5) is 0 Å². The molecule has 4 heteroatoms. The summed E-state index contributed by atoms with van der Waals surface area (Å²) in [5.41, 5.74) is 2.38. The van der Waals surface area contributed by atoms with Crippen LogP contribution in [0.15, 0.2) is 41.8 Å². The number of benzene rings is 1. The highest BCUT2D eigenvalue weighted by molar-refractivity contribution is 7.09. The van der Waals surface area contributed by atoms with E-state index in [1.54, 1.807) is 0 Å². The van der Waals surface area contributed by atoms with Crippen LogP contribution >= 0.6 is 11.3 Å². The number of nitrogens with one attached hydrogen (secondary N) is 1. The maximum Gasteiger partial charge on any atom is 0.0841 e. The number of thiophene rings is 1. The molecule has 2 heterocycles. The minimum Gasteiger partial charge on any atom is -0.309 e. The van der Waals surface area contributed by atoms with Crippen LogP contribution in [0.25, 0.3) is 10.9 Å². The van der Waals surface area contributed by atoms with E-state index in [0.717, 1.165) is 25.2 Å². The fourth-order valence-electron chi connectivity index (χ4n) is 2.47. The molecule has 0 radical (unpaired) electrons. The van der Waals surface area contributed by atoms with Gasteiger partial charge in [-0.05, 0) is 17.5 Å². The number of aromatic nitrogens is 2. The van der Waals surface area contributed by atoms with Crippen LogP contribution in [-0.4, -0.2) is 15.8 Å². The fraction of sp³-hybridized carbons (Fsp3) is 0.353. The summed E-state index contributed by atoms with van der Waals surface area (Å²) in [5, 5.41) is 11.7. The number of hydrogen-bond donors (Lipinski definition) is 1. The molecule has 0 saturated heterocycles. The summed E-state index contributed by atoms with van der Waals surface area (Å²) in [4.78, 5) is 1.41. The summed E-state index contributed by atoms with van der Waals surface area (Å²) in [6.07, 6.45) is 1.04. The van der Waals surface area contributed by atoms with Gasteiger partial charge in [-0.1, -0.05) is 38.1 Å². The van der Waals surface area contributed by atoms with E-state index < -0.39 is 0 Å². The summed E-state index contributed by atoms with van der Waals surface area (Å²) in [5.74, 6) is 0. The fourth-order valence-corrected chi connectivity index (χ4v) is 3.17. The van der Waals surface area contributed by atoms with Gasteiger partial charge in [0.25, 0.3) is 0 Å². The van der Waals surface area contributed by atoms with Crippen LogP contribution < -0.4 is 5.32 Å². The van der Waals surface area contributed by atoms with E-state index >= 15 is 0 Å². The minimum absolute atomic E-state index is 0.472. The third-order valence-electron chi connectivity index (χ3n) is 3.56. The Morgan fingerprint density at radius 3 is 2.81 bits per heavy atom. The molecule has 21 heavy (non-hydrogen) atoms. The third kappa shape index (κ3) is 3.34. The molecule has 0 aliphatic rings. The predicted molar refractivity (Wildman–Crippen MR) is 89.7 cm³/mol. The van der Waals surface area contributed by atoms with E-state index in [1.807, 2.05) is 11.3 Å². The van der Waals surface area contributed by atoms with Gasteiger partial charge in [-0.3, -0.25) is 4.68 Å². The molecule has 0 atom stereocenters. The van der Waals surface area contributed by atoms with Crippen LogP contribution in [0.5, 0.6) is 0 Å². The van der Waals surface area contributed by atoms with Crippen LogP contribution in [0, 0.1) is 0 Å². The zero-order valence-corrected chi connectivity index (χ0v) is 13.4. The molecule has 0 aliphatic carbocycles. The lowest BCUT2D eigenvalue weighted by atomic mass is 10.2. The molecule has 0 bridgehead atoms. The second-order valence-electron chi connectivity index (χ2n) is 5.55. The van der Waals surface area contributed by atoms with E-state index in [4.69, 9.17) is 5.10 Å². The molecule has 1 N–H and O–H groups in total. The molecule has 110 valence electrons. The average Bonchev–Trinajstić information content (AvgIpc) is 3.11. The largest absolute Gasteiger partial charge is 0.309 e. The van der Waals surface area contributed by atoms with Crippen LogP contribution in [0.1, 0.15) is 24.4 Å². The molecule has 3 aromatic rings. The van der Waals surface area contributed by atoms with E-state index in [2.05, 4.69) is 65.6 Å². The van der Waals surface area contributed by atoms with Gasteiger partial charge in [0.1, 0.15) is 0 Å². The quantitative estimate of drug-likeness (QED) is 0.749. The molecular weight excluding hydrogens is 278 g/mol. The minimum atomic E-state index is 0.472. The Kier molecular flexibility index (Phi) is 4.36. The van der Waals surface area contributed by atoms with Crippen molar-refractivity contribution < 1.29 is 0 Å². The first-order chi connectivity index (χ1) is 10.2. The van der Waals surface area contributed by atoms with Crippen molar-refractivity contribution in [3.63, 3.8) is 0 Å². The van der Waals surface area contributed by atoms with Crippen LogP contribution in [-0.2, 0) is 19.5 Å². The topological polar surface area (TPSA) is 29.9 Å². The van der Waals surface area contributed by atoms with Crippen molar-refractivity contribution in [2.45, 2.75) is 39.4 Å². The van der Waals surface area contributed by atoms with Crippen molar-refractivity contribution in [1.29, 1.82) is 0 Å². The molecule has 3 nitrogen and oxygen atoms in total. The highest BCUT2D eigenvalue weighted by atomic mass is 32.1. The number of hydrogen-bond acceptors (Lipinski definition) is 3. The van der Waals surface area contributed by atoms with Gasteiger partial charge in [-0.25, -0.2) is 0 Å². The van der Waals surface area contributed by atoms with Crippen molar-refractivity contribution >= 4 is 22.2 Å². The maximum absolute atomic E-state index is 4.82. The third-order valence-corrected chi connectivity index (χ3v) is 4.50. The average molecular weight is 299 g/mol. The smallest absolute Gasteiger partial charge is 0.0841 e. The number of aryl methyl sites for hydroxylation is 2. The van der Waals surface area contributed by atoms with Crippen molar-refractivity contribution in [3.8, 4) is 0 Å². The van der Waals surface area contributed by atoms with Gasteiger partial charge in [-0.15, -0.1) is 11.3 Å². The summed E-state index contributed by atoms with van der Waals surface area (Å²) in [7, 11) is 0. The Balaban J connectivity index is 1.84. The summed E-state index contributed by atoms with van der Waals surface area (Å²) >= 11 is 1.82. The van der Waals surface area contributed by atoms with Crippen molar-refractivity contribution in [2.75, 3.05) is 0 Å². The zero-order valence-electron chi connectivity index (χ0n) is 12.5. The van der Waals surface area contributed by atoms with Gasteiger partial charge in [0.05, 0.1) is 11.2 Å². The standard InChI is InChI=1S/C17H21N3S/c1-13(2)18-12-16-15-7-3-4-8-17(15)20(19-16)10-9-14-6-5-11-21-14/h3-8,11,13,18H,9-10,12H2,1-2H3. The molecule has 1 aromatic carbocycles. The molecule has 0 fully saturated rings. The van der Waals surface area contributed by atoms with Crippen molar-refractivity contribution in [1.82, 2.24) is 15.1 Å². The molecule has 0 saturated carbocycles. The summed E-state index contributed by atoms with van der Waals surface area (Å²) in [6.45, 7) is 6.08. The maximum atomic E-state index is 4.82. The van der Waals surface area contributed by atoms with Gasteiger partial charge in [0, 0.05) is 35.8 Å². The lowest BCUT2D eigenvalue weighted by Gasteiger charge is -2.05. The summed E-state index contributed by atoms with van der Waals surface area (Å²) < 4.78 is 2.15. The first-order valence-corrected chi connectivity index (χ1v) is 8.32. The lowest BCUT2D eigenvalue weighted by Crippen LogP contribution is -2.22. The Morgan fingerprint density at radius 1 is 1.19 bits per heavy atom. The lowest BCUT2D eigenvalue weighted by molar-refractivity contribution is 0.565. The Labute approximate surface area is 129 Å². The number of rotatable bonds is 6. The first kappa shape index (κ1) is 14.3. The van der Waals surface area contributed by atoms with Crippen LogP contribution in [0.2, 0.25) is 0 Å². The second-order valence-corrected chi connectivity index (χ2v) is 6.58. The molecule has 0 spiro atoms. The Bertz CT molecular complexity index is 698. The van der Waals surface area contributed by atoms with Gasteiger partial charge in [0.15, 0.2) is 0 Å². The molecule has 0 unspecified atom stereocenters. The van der Waals surface area contributed by atoms with Crippen molar-refractivity contribution in [3.05, 3.63) is 52.3 Å². The van der Waals surface area contributed by atoms with Gasteiger partial charge in [0.2, 0.25) is 0 Å². The summed E-state index contributed by atoms with van der Waals surface area (Å²) in [6, 6.07) is 13.3. The molecule has 3 rings (SSSR count). The monoisotopic (exact) mass is 299 g/mol. The van der Waals surface area contributed by atoms with E-state index in [9.17, 15) is 0 Å².